The molecule has 10 heteroatoms. The number of carbonyl (C=O) groups is 2. The summed E-state index contributed by atoms with van der Waals surface area (Å²) in [6.07, 6.45) is 0. The van der Waals surface area contributed by atoms with Crippen molar-refractivity contribution in [2.24, 2.45) is 16.8 Å². The van der Waals surface area contributed by atoms with Crippen molar-refractivity contribution in [1.82, 2.24) is 5.43 Å². The Hall–Kier alpha value is -3.48. The lowest BCUT2D eigenvalue weighted by molar-refractivity contribution is -0.384. The quantitative estimate of drug-likeness (QED) is 0.342. The zero-order valence-electron chi connectivity index (χ0n) is 12.9. The van der Waals surface area contributed by atoms with Gasteiger partial charge in [0.25, 0.3) is 5.69 Å². The first-order valence-corrected chi connectivity index (χ1v) is 6.63. The number of nitro groups is 1. The van der Waals surface area contributed by atoms with Gasteiger partial charge in [0.05, 0.1) is 29.7 Å². The Morgan fingerprint density at radius 1 is 1.42 bits per heavy atom. The molecular weight excluding hydrogens is 318 g/mol. The molecule has 24 heavy (non-hydrogen) atoms. The van der Waals surface area contributed by atoms with Crippen LogP contribution in [0.5, 0.6) is 0 Å². The molecule has 1 aromatic carbocycles. The van der Waals surface area contributed by atoms with E-state index in [0.29, 0.717) is 5.56 Å². The van der Waals surface area contributed by atoms with Gasteiger partial charge in [0.2, 0.25) is 0 Å². The summed E-state index contributed by atoms with van der Waals surface area (Å²) in [5, 5.41) is 23.8. The van der Waals surface area contributed by atoms with Crippen LogP contribution in [0.15, 0.2) is 29.4 Å². The molecular formula is C14H15N5O5. The number of nitrogens with zero attached hydrogens (tertiary/aromatic N) is 3. The molecule has 2 amide bonds. The Labute approximate surface area is 137 Å². The molecule has 0 saturated heterocycles. The molecule has 0 radical (unpaired) electrons. The number of primary amides is 1. The molecule has 0 aliphatic rings. The fraction of sp³-hybridized carbons (Fsp3) is 0.286. The standard InChI is InChI=1S/C14H15N5O5/c1-8(17-18-14(16)21)12(13(20)24-2)11(7-15)9-3-5-10(6-4-9)19(22)23/h3-6,11-12H,1-2H3,(H3,16,18,21)/b17-8+. The van der Waals surface area contributed by atoms with Gasteiger partial charge in [0, 0.05) is 12.1 Å². The van der Waals surface area contributed by atoms with Crippen LogP contribution >= 0.6 is 0 Å². The first-order valence-electron chi connectivity index (χ1n) is 6.63. The third kappa shape index (κ3) is 4.51. The maximum atomic E-state index is 12.0. The Morgan fingerprint density at radius 3 is 2.42 bits per heavy atom. The second-order valence-electron chi connectivity index (χ2n) is 4.69. The number of carbonyl (C=O) groups excluding carboxylic acids is 2. The van der Waals surface area contributed by atoms with E-state index in [4.69, 9.17) is 5.73 Å². The van der Waals surface area contributed by atoms with Gasteiger partial charge < -0.3 is 10.5 Å². The average Bonchev–Trinajstić information content (AvgIpc) is 2.56. The van der Waals surface area contributed by atoms with E-state index < -0.39 is 28.8 Å². The van der Waals surface area contributed by atoms with Crippen molar-refractivity contribution in [1.29, 1.82) is 5.26 Å². The Morgan fingerprint density at radius 2 is 2.00 bits per heavy atom. The minimum Gasteiger partial charge on any atom is -0.468 e. The van der Waals surface area contributed by atoms with Crippen LogP contribution in [-0.2, 0) is 9.53 Å². The van der Waals surface area contributed by atoms with Gasteiger partial charge in [-0.25, -0.2) is 10.2 Å². The van der Waals surface area contributed by atoms with E-state index in [-0.39, 0.29) is 11.4 Å². The summed E-state index contributed by atoms with van der Waals surface area (Å²) < 4.78 is 4.68. The van der Waals surface area contributed by atoms with E-state index in [1.54, 1.807) is 0 Å². The Kier molecular flexibility index (Phi) is 6.37. The second-order valence-corrected chi connectivity index (χ2v) is 4.69. The Balaban J connectivity index is 3.25. The summed E-state index contributed by atoms with van der Waals surface area (Å²) in [6.45, 7) is 1.42. The molecule has 1 rings (SSSR count). The lowest BCUT2D eigenvalue weighted by Crippen LogP contribution is -2.33. The maximum absolute atomic E-state index is 12.0. The molecule has 3 N–H and O–H groups in total. The Bertz CT molecular complexity index is 707. The molecule has 0 saturated carbocycles. The van der Waals surface area contributed by atoms with Crippen LogP contribution < -0.4 is 11.2 Å². The third-order valence-corrected chi connectivity index (χ3v) is 3.18. The predicted octanol–water partition coefficient (Wildman–Crippen LogP) is 1.04. The van der Waals surface area contributed by atoms with Gasteiger partial charge in [-0.3, -0.25) is 14.9 Å². The van der Waals surface area contributed by atoms with Gasteiger partial charge in [-0.15, -0.1) is 0 Å². The zero-order valence-corrected chi connectivity index (χ0v) is 12.9. The summed E-state index contributed by atoms with van der Waals surface area (Å²) in [5.41, 5.74) is 7.21. The molecule has 2 atom stereocenters. The fourth-order valence-electron chi connectivity index (χ4n) is 2.03. The summed E-state index contributed by atoms with van der Waals surface area (Å²) in [7, 11) is 1.15. The number of rotatable bonds is 6. The van der Waals surface area contributed by atoms with Crippen LogP contribution in [0.1, 0.15) is 18.4 Å². The maximum Gasteiger partial charge on any atom is 0.332 e. The number of hydrogen-bond acceptors (Lipinski definition) is 7. The summed E-state index contributed by atoms with van der Waals surface area (Å²) in [5.74, 6) is -2.88. The first kappa shape index (κ1) is 18.6. The number of esters is 1. The van der Waals surface area contributed by atoms with Crippen LogP contribution in [0, 0.1) is 27.4 Å². The van der Waals surface area contributed by atoms with E-state index in [1.807, 2.05) is 11.5 Å². The lowest BCUT2D eigenvalue weighted by Gasteiger charge is -2.19. The number of nitro benzene ring substituents is 1. The molecule has 0 fully saturated rings. The number of ether oxygens (including phenoxy) is 1. The third-order valence-electron chi connectivity index (χ3n) is 3.18. The molecule has 126 valence electrons. The number of amides is 2. The van der Waals surface area contributed by atoms with Gasteiger partial charge in [-0.1, -0.05) is 12.1 Å². The highest BCUT2D eigenvalue weighted by Gasteiger charge is 2.33. The monoisotopic (exact) mass is 333 g/mol. The minimum absolute atomic E-state index is 0.102. The molecule has 0 heterocycles. The van der Waals surface area contributed by atoms with Crippen LogP contribution in [-0.4, -0.2) is 29.7 Å². The number of urea groups is 1. The summed E-state index contributed by atoms with van der Waals surface area (Å²) in [6, 6.07) is 6.22. The molecule has 0 aromatic heterocycles. The summed E-state index contributed by atoms with van der Waals surface area (Å²) in [4.78, 5) is 32.9. The van der Waals surface area contributed by atoms with E-state index in [0.717, 1.165) is 7.11 Å². The number of nitriles is 1. The van der Waals surface area contributed by atoms with Crippen molar-refractivity contribution < 1.29 is 19.2 Å². The molecule has 0 bridgehead atoms. The highest BCUT2D eigenvalue weighted by Crippen LogP contribution is 2.28. The highest BCUT2D eigenvalue weighted by molar-refractivity contribution is 6.02. The van der Waals surface area contributed by atoms with Crippen molar-refractivity contribution in [2.45, 2.75) is 12.8 Å². The first-order chi connectivity index (χ1) is 11.3. The molecule has 0 aliphatic carbocycles. The number of non-ortho nitro benzene ring substituents is 1. The van der Waals surface area contributed by atoms with Crippen molar-refractivity contribution in [2.75, 3.05) is 7.11 Å². The van der Waals surface area contributed by atoms with Crippen molar-refractivity contribution >= 4 is 23.4 Å². The van der Waals surface area contributed by atoms with Gasteiger partial charge in [-0.05, 0) is 12.5 Å². The number of nitrogens with two attached hydrogens (primary N) is 1. The van der Waals surface area contributed by atoms with Gasteiger partial charge in [0.15, 0.2) is 0 Å². The van der Waals surface area contributed by atoms with E-state index >= 15 is 0 Å². The minimum atomic E-state index is -1.12. The average molecular weight is 333 g/mol. The van der Waals surface area contributed by atoms with Crippen LogP contribution in [0.2, 0.25) is 0 Å². The van der Waals surface area contributed by atoms with Gasteiger partial charge in [0.1, 0.15) is 5.92 Å². The SMILES string of the molecule is COC(=O)C(/C(C)=N/NC(N)=O)C(C#N)c1ccc([N+](=O)[O-])cc1. The summed E-state index contributed by atoms with van der Waals surface area (Å²) >= 11 is 0. The van der Waals surface area contributed by atoms with Gasteiger partial charge >= 0.3 is 12.0 Å². The van der Waals surface area contributed by atoms with Crippen molar-refractivity contribution in [3.05, 3.63) is 39.9 Å². The second kappa shape index (κ2) is 8.23. The zero-order chi connectivity index (χ0) is 18.3. The predicted molar refractivity (Wildman–Crippen MR) is 82.8 cm³/mol. The molecule has 10 nitrogen and oxygen atoms in total. The van der Waals surface area contributed by atoms with Crippen molar-refractivity contribution in [3.8, 4) is 6.07 Å². The van der Waals surface area contributed by atoms with Crippen LogP contribution in [0.25, 0.3) is 0 Å². The number of methoxy groups -OCH3 is 1. The normalized spacial score (nSPS) is 13.3. The largest absolute Gasteiger partial charge is 0.468 e. The number of hydrogen-bond donors (Lipinski definition) is 2. The van der Waals surface area contributed by atoms with Gasteiger partial charge in [-0.2, -0.15) is 10.4 Å². The van der Waals surface area contributed by atoms with E-state index in [2.05, 4.69) is 9.84 Å². The van der Waals surface area contributed by atoms with Crippen molar-refractivity contribution in [3.63, 3.8) is 0 Å². The highest BCUT2D eigenvalue weighted by atomic mass is 16.6. The molecule has 1 aromatic rings. The molecule has 2 unspecified atom stereocenters. The fourth-order valence-corrected chi connectivity index (χ4v) is 2.03. The van der Waals surface area contributed by atoms with Crippen LogP contribution in [0.3, 0.4) is 0 Å². The smallest absolute Gasteiger partial charge is 0.332 e. The number of benzene rings is 1. The lowest BCUT2D eigenvalue weighted by atomic mass is 9.84. The van der Waals surface area contributed by atoms with E-state index in [1.165, 1.54) is 31.2 Å². The van der Waals surface area contributed by atoms with E-state index in [9.17, 15) is 25.0 Å². The molecule has 0 spiro atoms. The van der Waals surface area contributed by atoms with Crippen LogP contribution in [0.4, 0.5) is 10.5 Å². The number of hydrazone groups is 1. The topological polar surface area (TPSA) is 161 Å². The molecule has 0 aliphatic heterocycles. The number of nitrogens with one attached hydrogen (secondary N) is 1.